The van der Waals surface area contributed by atoms with E-state index in [0.29, 0.717) is 12.5 Å². The van der Waals surface area contributed by atoms with Crippen LogP contribution in [0.2, 0.25) is 5.02 Å². The highest BCUT2D eigenvalue weighted by atomic mass is 35.5. The van der Waals surface area contributed by atoms with E-state index < -0.39 is 0 Å². The second-order valence-corrected chi connectivity index (χ2v) is 12.8. The van der Waals surface area contributed by atoms with Crippen LogP contribution in [-0.4, -0.2) is 54.5 Å². The zero-order valence-corrected chi connectivity index (χ0v) is 26.4. The van der Waals surface area contributed by atoms with Crippen molar-refractivity contribution < 1.29 is 4.79 Å². The van der Waals surface area contributed by atoms with Crippen molar-refractivity contribution in [2.45, 2.75) is 57.0 Å². The number of piperazine rings is 1. The number of anilines is 1. The number of rotatable bonds is 10. The topological polar surface area (TPSA) is 26.8 Å². The lowest BCUT2D eigenvalue weighted by atomic mass is 9.88. The molecule has 1 heterocycles. The van der Waals surface area contributed by atoms with Crippen LogP contribution in [0.3, 0.4) is 0 Å². The molecule has 1 saturated heterocycles. The van der Waals surface area contributed by atoms with Gasteiger partial charge in [0.15, 0.2) is 0 Å². The summed E-state index contributed by atoms with van der Waals surface area (Å²) in [7, 11) is 0. The average Bonchev–Trinajstić information content (AvgIpc) is 3.09. The Morgan fingerprint density at radius 3 is 1.95 bits per heavy atom. The molecule has 1 saturated carbocycles. The van der Waals surface area contributed by atoms with Crippen LogP contribution in [0.4, 0.5) is 5.69 Å². The minimum atomic E-state index is 0.116. The number of hydrogen-bond donors (Lipinski definition) is 0. The molecule has 1 amide bonds. The fourth-order valence-electron chi connectivity index (χ4n) is 7.01. The van der Waals surface area contributed by atoms with Crippen molar-refractivity contribution in [3.8, 4) is 0 Å². The number of amides is 1. The zero-order chi connectivity index (χ0) is 30.1. The van der Waals surface area contributed by atoms with Gasteiger partial charge < -0.3 is 9.80 Å². The molecule has 228 valence electrons. The van der Waals surface area contributed by atoms with Gasteiger partial charge in [-0.15, -0.1) is 0 Å². The first-order valence-corrected chi connectivity index (χ1v) is 16.7. The van der Waals surface area contributed by atoms with Crippen molar-refractivity contribution in [1.82, 2.24) is 9.80 Å². The van der Waals surface area contributed by atoms with Gasteiger partial charge in [0.25, 0.3) is 5.91 Å². The molecular weight excluding hydrogens is 562 g/mol. The third-order valence-corrected chi connectivity index (χ3v) is 9.84. The lowest BCUT2D eigenvalue weighted by Gasteiger charge is -2.37. The van der Waals surface area contributed by atoms with Gasteiger partial charge >= 0.3 is 0 Å². The first-order chi connectivity index (χ1) is 21.7. The highest BCUT2D eigenvalue weighted by molar-refractivity contribution is 6.33. The number of nitrogens with zero attached hydrogens (tertiary/aromatic N) is 3. The Kier molecular flexibility index (Phi) is 10.3. The van der Waals surface area contributed by atoms with Gasteiger partial charge in [0, 0.05) is 50.2 Å². The van der Waals surface area contributed by atoms with E-state index in [1.165, 1.54) is 36.0 Å². The van der Waals surface area contributed by atoms with E-state index >= 15 is 0 Å². The van der Waals surface area contributed by atoms with Gasteiger partial charge in [-0.25, -0.2) is 0 Å². The molecule has 5 heteroatoms. The molecule has 44 heavy (non-hydrogen) atoms. The van der Waals surface area contributed by atoms with Crippen LogP contribution in [0.1, 0.15) is 71.5 Å². The van der Waals surface area contributed by atoms with Gasteiger partial charge in [-0.2, -0.15) is 0 Å². The van der Waals surface area contributed by atoms with Crippen LogP contribution in [0.25, 0.3) is 0 Å². The summed E-state index contributed by atoms with van der Waals surface area (Å²) in [5.41, 5.74) is 5.65. The van der Waals surface area contributed by atoms with Crippen molar-refractivity contribution in [1.29, 1.82) is 0 Å². The van der Waals surface area contributed by atoms with Crippen molar-refractivity contribution in [3.05, 3.63) is 136 Å². The third-order valence-electron chi connectivity index (χ3n) is 9.52. The molecule has 4 aromatic carbocycles. The maximum atomic E-state index is 14.1. The van der Waals surface area contributed by atoms with E-state index in [0.717, 1.165) is 68.3 Å². The Morgan fingerprint density at radius 1 is 0.750 bits per heavy atom. The molecular formula is C39H44ClN3O. The van der Waals surface area contributed by atoms with Crippen molar-refractivity contribution in [2.24, 2.45) is 0 Å². The average molecular weight is 606 g/mol. The minimum absolute atomic E-state index is 0.116. The predicted octanol–water partition coefficient (Wildman–Crippen LogP) is 8.66. The molecule has 1 aliphatic heterocycles. The highest BCUT2D eigenvalue weighted by Crippen LogP contribution is 2.32. The molecule has 4 nitrogen and oxygen atoms in total. The maximum absolute atomic E-state index is 14.1. The molecule has 0 N–H and O–H groups in total. The SMILES string of the molecule is O=C(c1ccc(Cl)c(N2CCN(CCC(c3ccccc3)c3ccccc3)CC2)c1)N(Cc1ccccc1)C1CCCCC1. The molecule has 2 fully saturated rings. The normalized spacial score (nSPS) is 16.3. The Balaban J connectivity index is 1.12. The van der Waals surface area contributed by atoms with Crippen LogP contribution < -0.4 is 4.90 Å². The van der Waals surface area contributed by atoms with Crippen molar-refractivity contribution in [2.75, 3.05) is 37.6 Å². The molecule has 0 unspecified atom stereocenters. The standard InChI is InChI=1S/C39H44ClN3O/c40-37-22-21-34(39(44)43(35-19-11-4-12-20-35)30-31-13-5-1-6-14-31)29-38(37)42-27-25-41(26-28-42)24-23-36(32-15-7-2-8-16-32)33-17-9-3-10-18-33/h1-3,5-10,13-18,21-22,29,35-36H,4,11-12,19-20,23-28,30H2. The number of halogens is 1. The molecule has 1 aliphatic carbocycles. The first-order valence-electron chi connectivity index (χ1n) is 16.4. The van der Waals surface area contributed by atoms with E-state index in [1.54, 1.807) is 0 Å². The molecule has 0 spiro atoms. The molecule has 0 aromatic heterocycles. The van der Waals surface area contributed by atoms with E-state index in [4.69, 9.17) is 11.6 Å². The summed E-state index contributed by atoms with van der Waals surface area (Å²) < 4.78 is 0. The first kappa shape index (κ1) is 30.4. The van der Waals surface area contributed by atoms with E-state index in [-0.39, 0.29) is 11.9 Å². The molecule has 0 radical (unpaired) electrons. The second kappa shape index (κ2) is 14.9. The smallest absolute Gasteiger partial charge is 0.254 e. The lowest BCUT2D eigenvalue weighted by molar-refractivity contribution is 0.0614. The molecule has 0 atom stereocenters. The van der Waals surface area contributed by atoms with Crippen molar-refractivity contribution >= 4 is 23.2 Å². The number of carbonyl (C=O) groups is 1. The maximum Gasteiger partial charge on any atom is 0.254 e. The van der Waals surface area contributed by atoms with Crippen molar-refractivity contribution in [3.63, 3.8) is 0 Å². The monoisotopic (exact) mass is 605 g/mol. The third kappa shape index (κ3) is 7.54. The van der Waals surface area contributed by atoms with Crippen LogP contribution in [0, 0.1) is 0 Å². The number of carbonyl (C=O) groups excluding carboxylic acids is 1. The summed E-state index contributed by atoms with van der Waals surface area (Å²) in [5, 5.41) is 0.718. The molecule has 0 bridgehead atoms. The van der Waals surface area contributed by atoms with Crippen LogP contribution in [0.5, 0.6) is 0 Å². The molecule has 4 aromatic rings. The highest BCUT2D eigenvalue weighted by Gasteiger charge is 2.28. The summed E-state index contributed by atoms with van der Waals surface area (Å²) in [6.07, 6.45) is 6.89. The quantitative estimate of drug-likeness (QED) is 0.181. The minimum Gasteiger partial charge on any atom is -0.368 e. The van der Waals surface area contributed by atoms with Gasteiger partial charge in [-0.05, 0) is 60.7 Å². The summed E-state index contributed by atoms with van der Waals surface area (Å²) >= 11 is 6.79. The largest absolute Gasteiger partial charge is 0.368 e. The van der Waals surface area contributed by atoms with Crippen LogP contribution >= 0.6 is 11.6 Å². The van der Waals surface area contributed by atoms with E-state index in [1.807, 2.05) is 24.3 Å². The van der Waals surface area contributed by atoms with Gasteiger partial charge in [0.1, 0.15) is 0 Å². The van der Waals surface area contributed by atoms with Gasteiger partial charge in [0.05, 0.1) is 10.7 Å². The van der Waals surface area contributed by atoms with E-state index in [2.05, 4.69) is 99.6 Å². The predicted molar refractivity (Wildman–Crippen MR) is 183 cm³/mol. The number of hydrogen-bond acceptors (Lipinski definition) is 3. The second-order valence-electron chi connectivity index (χ2n) is 12.4. The van der Waals surface area contributed by atoms with Crippen LogP contribution in [0.15, 0.2) is 109 Å². The summed E-state index contributed by atoms with van der Waals surface area (Å²) in [5.74, 6) is 0.501. The van der Waals surface area contributed by atoms with Gasteiger partial charge in [0.2, 0.25) is 0 Å². The van der Waals surface area contributed by atoms with Gasteiger partial charge in [-0.3, -0.25) is 9.69 Å². The molecule has 2 aliphatic rings. The Bertz CT molecular complexity index is 1430. The summed E-state index contributed by atoms with van der Waals surface area (Å²) in [4.78, 5) is 21.1. The van der Waals surface area contributed by atoms with Crippen LogP contribution in [-0.2, 0) is 6.54 Å². The van der Waals surface area contributed by atoms with Gasteiger partial charge in [-0.1, -0.05) is 122 Å². The number of benzene rings is 4. The Hall–Kier alpha value is -3.60. The fourth-order valence-corrected chi connectivity index (χ4v) is 7.25. The summed E-state index contributed by atoms with van der Waals surface area (Å²) in [6, 6.07) is 38.3. The lowest BCUT2D eigenvalue weighted by Crippen LogP contribution is -2.47. The summed E-state index contributed by atoms with van der Waals surface area (Å²) in [6.45, 7) is 5.45. The van der Waals surface area contributed by atoms with E-state index in [9.17, 15) is 4.79 Å². The zero-order valence-electron chi connectivity index (χ0n) is 25.7. The fraction of sp³-hybridized carbons (Fsp3) is 0.359. The molecule has 6 rings (SSSR count). The Morgan fingerprint density at radius 2 is 1.34 bits per heavy atom. The Labute approximate surface area is 268 Å².